The Morgan fingerprint density at radius 2 is 1.74 bits per heavy atom. The number of carbonyl (C=O) groups excluding carboxylic acids is 1. The van der Waals surface area contributed by atoms with Crippen molar-refractivity contribution < 1.29 is 27.4 Å². The first kappa shape index (κ1) is 25.9. The molecule has 0 radical (unpaired) electrons. The first-order chi connectivity index (χ1) is 16.5. The third-order valence-corrected chi connectivity index (χ3v) is 5.85. The van der Waals surface area contributed by atoms with Crippen LogP contribution in [0.2, 0.25) is 5.02 Å². The fourth-order valence-corrected chi connectivity index (χ4v) is 3.99. The Morgan fingerprint density at radius 1 is 1.06 bits per heavy atom. The van der Waals surface area contributed by atoms with E-state index in [9.17, 15) is 23.2 Å². The summed E-state index contributed by atoms with van der Waals surface area (Å²) in [6.07, 6.45) is -4.59. The number of carbonyl (C=O) groups is 1. The van der Waals surface area contributed by atoms with E-state index >= 15 is 0 Å². The standard InChI is InChI=1S/C26H22ClF3N2O3/c1-16(2)25(24(33)34-3,32-22-13-12-17(14-21(22)27)26(28,29)30)20-10-7-11-23(19(20)15-31)35-18-8-5-4-6-9-18/h4-14,16,32H,1-3H3. The molecule has 3 aromatic rings. The lowest BCUT2D eigenvalue weighted by atomic mass is 9.77. The van der Waals surface area contributed by atoms with Gasteiger partial charge in [-0.15, -0.1) is 0 Å². The quantitative estimate of drug-likeness (QED) is 0.347. The van der Waals surface area contributed by atoms with Crippen LogP contribution < -0.4 is 10.1 Å². The Bertz CT molecular complexity index is 1260. The molecule has 5 nitrogen and oxygen atoms in total. The maximum atomic E-state index is 13.3. The van der Waals surface area contributed by atoms with Crippen LogP contribution in [0.1, 0.15) is 30.5 Å². The topological polar surface area (TPSA) is 71.3 Å². The minimum atomic E-state index is -4.59. The number of benzene rings is 3. The Labute approximate surface area is 206 Å². The van der Waals surface area contributed by atoms with Crippen molar-refractivity contribution in [2.75, 3.05) is 12.4 Å². The highest BCUT2D eigenvalue weighted by atomic mass is 35.5. The van der Waals surface area contributed by atoms with Gasteiger partial charge in [-0.05, 0) is 42.3 Å². The number of para-hydroxylation sites is 1. The molecule has 0 aliphatic heterocycles. The molecular formula is C26H22ClF3N2O3. The number of nitriles is 1. The molecule has 1 atom stereocenters. The molecule has 0 bridgehead atoms. The second-order valence-electron chi connectivity index (χ2n) is 7.98. The Morgan fingerprint density at radius 3 is 2.29 bits per heavy atom. The molecule has 0 aliphatic rings. The number of ether oxygens (including phenoxy) is 2. The number of nitrogens with one attached hydrogen (secondary N) is 1. The van der Waals surface area contributed by atoms with E-state index in [2.05, 4.69) is 11.4 Å². The van der Waals surface area contributed by atoms with Gasteiger partial charge in [0.2, 0.25) is 0 Å². The molecule has 1 N–H and O–H groups in total. The van der Waals surface area contributed by atoms with Crippen molar-refractivity contribution in [1.82, 2.24) is 0 Å². The van der Waals surface area contributed by atoms with E-state index in [1.807, 2.05) is 6.07 Å². The SMILES string of the molecule is COC(=O)C(Nc1ccc(C(F)(F)F)cc1Cl)(c1cccc(Oc2ccccc2)c1C#N)C(C)C. The van der Waals surface area contributed by atoms with Crippen LogP contribution in [-0.4, -0.2) is 13.1 Å². The summed E-state index contributed by atoms with van der Waals surface area (Å²) in [6.45, 7) is 3.43. The average Bonchev–Trinajstić information content (AvgIpc) is 2.82. The second kappa shape index (κ2) is 10.3. The van der Waals surface area contributed by atoms with Gasteiger partial charge in [0.15, 0.2) is 5.54 Å². The summed E-state index contributed by atoms with van der Waals surface area (Å²) in [7, 11) is 1.19. The molecule has 0 saturated carbocycles. The van der Waals surface area contributed by atoms with Crippen LogP contribution >= 0.6 is 11.6 Å². The maximum Gasteiger partial charge on any atom is 0.416 e. The molecule has 9 heteroatoms. The van der Waals surface area contributed by atoms with Gasteiger partial charge >= 0.3 is 12.1 Å². The fourth-order valence-electron chi connectivity index (χ4n) is 3.76. The van der Waals surface area contributed by atoms with Crippen LogP contribution in [0.4, 0.5) is 18.9 Å². The molecule has 35 heavy (non-hydrogen) atoms. The lowest BCUT2D eigenvalue weighted by Gasteiger charge is -2.38. The molecule has 0 fully saturated rings. The third-order valence-electron chi connectivity index (χ3n) is 5.54. The molecule has 1 unspecified atom stereocenters. The number of halogens is 4. The van der Waals surface area contributed by atoms with Gasteiger partial charge in [-0.2, -0.15) is 18.4 Å². The predicted molar refractivity (Wildman–Crippen MR) is 126 cm³/mol. The average molecular weight is 503 g/mol. The number of rotatable bonds is 7. The number of anilines is 1. The van der Waals surface area contributed by atoms with Crippen LogP contribution in [0.3, 0.4) is 0 Å². The van der Waals surface area contributed by atoms with Gasteiger partial charge in [0.05, 0.1) is 23.4 Å². The molecular weight excluding hydrogens is 481 g/mol. The van der Waals surface area contributed by atoms with Gasteiger partial charge in [0.1, 0.15) is 23.1 Å². The number of alkyl halides is 3. The highest BCUT2D eigenvalue weighted by Gasteiger charge is 2.47. The highest BCUT2D eigenvalue weighted by molar-refractivity contribution is 6.33. The van der Waals surface area contributed by atoms with Crippen LogP contribution in [0.25, 0.3) is 0 Å². The maximum absolute atomic E-state index is 13.3. The summed E-state index contributed by atoms with van der Waals surface area (Å²) >= 11 is 6.19. The summed E-state index contributed by atoms with van der Waals surface area (Å²) < 4.78 is 50.4. The predicted octanol–water partition coefficient (Wildman–Crippen LogP) is 7.16. The molecule has 182 valence electrons. The minimum absolute atomic E-state index is 0.0611. The number of methoxy groups -OCH3 is 1. The first-order valence-electron chi connectivity index (χ1n) is 10.5. The van der Waals surface area contributed by atoms with E-state index in [-0.39, 0.29) is 27.6 Å². The van der Waals surface area contributed by atoms with E-state index < -0.39 is 29.2 Å². The molecule has 0 amide bonds. The van der Waals surface area contributed by atoms with Crippen molar-refractivity contribution in [3.8, 4) is 17.6 Å². The minimum Gasteiger partial charge on any atom is -0.467 e. The van der Waals surface area contributed by atoms with E-state index in [1.54, 1.807) is 56.3 Å². The molecule has 0 spiro atoms. The van der Waals surface area contributed by atoms with E-state index in [0.29, 0.717) is 5.75 Å². The Hall–Kier alpha value is -3.70. The van der Waals surface area contributed by atoms with Crippen LogP contribution in [0, 0.1) is 17.2 Å². The van der Waals surface area contributed by atoms with Crippen molar-refractivity contribution in [1.29, 1.82) is 5.26 Å². The number of esters is 1. The van der Waals surface area contributed by atoms with Gasteiger partial charge in [0, 0.05) is 5.56 Å². The van der Waals surface area contributed by atoms with E-state index in [0.717, 1.165) is 18.2 Å². The lowest BCUT2D eigenvalue weighted by Crippen LogP contribution is -2.49. The molecule has 3 aromatic carbocycles. The van der Waals surface area contributed by atoms with Crippen molar-refractivity contribution in [3.05, 3.63) is 88.4 Å². The smallest absolute Gasteiger partial charge is 0.416 e. The monoisotopic (exact) mass is 502 g/mol. The summed E-state index contributed by atoms with van der Waals surface area (Å²) in [4.78, 5) is 13.3. The fraction of sp³-hybridized carbons (Fsp3) is 0.231. The van der Waals surface area contributed by atoms with E-state index in [1.165, 1.54) is 7.11 Å². The number of nitrogens with zero attached hydrogens (tertiary/aromatic N) is 1. The van der Waals surface area contributed by atoms with Gasteiger partial charge < -0.3 is 14.8 Å². The molecule has 0 aromatic heterocycles. The van der Waals surface area contributed by atoms with Gasteiger partial charge in [-0.3, -0.25) is 0 Å². The molecule has 0 heterocycles. The lowest BCUT2D eigenvalue weighted by molar-refractivity contribution is -0.148. The van der Waals surface area contributed by atoms with Crippen LogP contribution in [-0.2, 0) is 21.2 Å². The van der Waals surface area contributed by atoms with Gasteiger partial charge in [-0.1, -0.05) is 55.8 Å². The summed E-state index contributed by atoms with van der Waals surface area (Å²) in [5, 5.41) is 12.8. The van der Waals surface area contributed by atoms with Crippen LogP contribution in [0.5, 0.6) is 11.5 Å². The zero-order chi connectivity index (χ0) is 25.8. The van der Waals surface area contributed by atoms with Crippen molar-refractivity contribution in [2.45, 2.75) is 25.6 Å². The van der Waals surface area contributed by atoms with Crippen LogP contribution in [0.15, 0.2) is 66.7 Å². The first-order valence-corrected chi connectivity index (χ1v) is 10.9. The third kappa shape index (κ3) is 5.20. The number of hydrogen-bond acceptors (Lipinski definition) is 5. The normalized spacial score (nSPS) is 13.0. The molecule has 3 rings (SSSR count). The van der Waals surface area contributed by atoms with Crippen molar-refractivity contribution >= 4 is 23.3 Å². The summed E-state index contributed by atoms with van der Waals surface area (Å²) in [5.41, 5.74) is -2.26. The van der Waals surface area contributed by atoms with Crippen molar-refractivity contribution in [3.63, 3.8) is 0 Å². The highest BCUT2D eigenvalue weighted by Crippen LogP contribution is 2.42. The number of hydrogen-bond donors (Lipinski definition) is 1. The van der Waals surface area contributed by atoms with E-state index in [4.69, 9.17) is 21.1 Å². The summed E-state index contributed by atoms with van der Waals surface area (Å²) in [6, 6.07) is 18.4. The molecule has 0 saturated heterocycles. The Balaban J connectivity index is 2.20. The second-order valence-corrected chi connectivity index (χ2v) is 8.38. The largest absolute Gasteiger partial charge is 0.467 e. The Kier molecular flexibility index (Phi) is 7.61. The zero-order valence-corrected chi connectivity index (χ0v) is 19.9. The van der Waals surface area contributed by atoms with Gasteiger partial charge in [0.25, 0.3) is 0 Å². The van der Waals surface area contributed by atoms with Crippen molar-refractivity contribution in [2.24, 2.45) is 5.92 Å². The molecule has 0 aliphatic carbocycles. The summed E-state index contributed by atoms with van der Waals surface area (Å²) in [5.74, 6) is -0.609. The van der Waals surface area contributed by atoms with Gasteiger partial charge in [-0.25, -0.2) is 4.79 Å². The zero-order valence-electron chi connectivity index (χ0n) is 19.1.